The maximum Gasteiger partial charge on any atom is 0.259 e. The largest absolute Gasteiger partial charge is 0.378 e. The Labute approximate surface area is 796 Å². The van der Waals surface area contributed by atoms with Crippen LogP contribution in [0.15, 0.2) is 224 Å². The summed E-state index contributed by atoms with van der Waals surface area (Å²) in [5, 5.41) is 46.2. The first-order valence-corrected chi connectivity index (χ1v) is 43.5. The van der Waals surface area contributed by atoms with Crippen LogP contribution in [0.5, 0.6) is 0 Å². The molecule has 41 heteroatoms. The summed E-state index contributed by atoms with van der Waals surface area (Å²) in [4.78, 5) is 129. The lowest BCUT2D eigenvalue weighted by molar-refractivity contribution is 0.0679. The zero-order valence-electron chi connectivity index (χ0n) is 72.1. The Balaban J connectivity index is 0.000000154. The Bertz CT molecular complexity index is 6460. The van der Waals surface area contributed by atoms with Crippen LogP contribution in [0.4, 0.5) is 81.1 Å². The van der Waals surface area contributed by atoms with Crippen LogP contribution in [0.3, 0.4) is 0 Å². The van der Waals surface area contributed by atoms with Gasteiger partial charge in [-0.3, -0.25) is 59.6 Å². The first kappa shape index (κ1) is 99.0. The molecular weight excluding hydrogens is 1870 g/mol. The Kier molecular flexibility index (Phi) is 33.3. The standard InChI is InChI=1S/C25H22ClF2N5O2.C24H20ClF2N5O3.C24H20ClF2N5O2.C23H18ClF2N5O2/c26-16-5-9-22(30-14-16)32-25(35)19-13-17(27)6-8-21(19)31-24(34)18-7-4-15(12-20(18)28)23(29)33-10-2-1-3-11-33;25-15-2-6-21(29-13-15)31-24(34)18-12-16(26)3-5-20(18)30-23(33)17-4-1-14(11-19(17)27)22(28)32-7-9-35-10-8-32;25-15-4-8-21(29-13-15)31-24(34)18-12-16(26)5-7-20(18)30-23(33)17-6-3-14(11-19(17)27)22(28)32-9-1-2-10-32;1-31-9-8-27-21(31)13-2-5-16(18(26)10-13)22(32)29-19-6-4-15(25)11-17(19)23(33)30-20-7-3-14(24)12-28-20/h4-9,12-14,29H,1-3,10-11H2,(H,31,34)(H,30,32,35);1-6,11-13,28H,7-10H2,(H,30,33)(H,29,31,34);3-8,11-13,28H,1-2,9-10H2,(H,30,33)(H,29,31,34);2-7,10-12H,8-9H2,1H3,(H,29,32)(H,28,30,33). The minimum Gasteiger partial charge on any atom is -0.378 e. The number of pyridine rings is 4. The number of aromatic nitrogens is 4. The smallest absolute Gasteiger partial charge is 0.259 e. The van der Waals surface area contributed by atoms with Crippen LogP contribution >= 0.6 is 46.4 Å². The van der Waals surface area contributed by atoms with Crippen molar-refractivity contribution in [2.24, 2.45) is 4.99 Å². The lowest BCUT2D eigenvalue weighted by atomic mass is 10.1. The number of piperidine rings is 1. The molecule has 8 aromatic carbocycles. The summed E-state index contributed by atoms with van der Waals surface area (Å²) in [7, 11) is 1.85. The fraction of sp³-hybridized carbons (Fsp3) is 0.167. The Morgan fingerprint density at radius 3 is 0.839 bits per heavy atom. The van der Waals surface area contributed by atoms with E-state index in [0.29, 0.717) is 81.0 Å². The average molecular weight is 1950 g/mol. The second-order valence-corrected chi connectivity index (χ2v) is 32.4. The third-order valence-electron chi connectivity index (χ3n) is 21.2. The normalized spacial score (nSPS) is 13.1. The molecule has 8 heterocycles. The SMILES string of the molecule is CN1CCN=C1c1ccc(C(=O)Nc2ccc(F)cc2C(=O)Nc2ccc(Cl)cn2)c(F)c1.N=C(c1ccc(C(=O)Nc2ccc(F)cc2C(=O)Nc2ccc(Cl)cn2)c(F)c1)N1CCCC1.N=C(c1ccc(C(=O)Nc2ccc(F)cc2C(=O)Nc2ccc(Cl)cn2)c(F)c1)N1CCCCC1.N=C(c1ccc(C(=O)Nc2ccc(F)cc2C(=O)Nc2ccc(Cl)cn2)c(F)c1)N1CCOCC1. The second kappa shape index (κ2) is 46.0. The van der Waals surface area contributed by atoms with Gasteiger partial charge in [0.1, 0.15) is 93.2 Å². The van der Waals surface area contributed by atoms with Gasteiger partial charge < -0.3 is 66.9 Å². The fourth-order valence-corrected chi connectivity index (χ4v) is 14.6. The number of amides is 8. The van der Waals surface area contributed by atoms with E-state index in [4.69, 9.17) is 67.4 Å². The van der Waals surface area contributed by atoms with E-state index in [-0.39, 0.29) is 108 Å². The van der Waals surface area contributed by atoms with Crippen LogP contribution < -0.4 is 42.5 Å². The summed E-state index contributed by atoms with van der Waals surface area (Å²) >= 11 is 23.1. The van der Waals surface area contributed by atoms with Crippen LogP contribution in [0.2, 0.25) is 20.1 Å². The lowest BCUT2D eigenvalue weighted by Gasteiger charge is -2.29. The van der Waals surface area contributed by atoms with Gasteiger partial charge in [-0.15, -0.1) is 0 Å². The number of nitrogens with one attached hydrogen (secondary N) is 11. The maximum atomic E-state index is 14.8. The minimum absolute atomic E-state index is 0.00704. The van der Waals surface area contributed by atoms with Gasteiger partial charge >= 0.3 is 0 Å². The van der Waals surface area contributed by atoms with Crippen molar-refractivity contribution in [3.05, 3.63) is 352 Å². The van der Waals surface area contributed by atoms with Crippen LogP contribution in [0, 0.1) is 62.8 Å². The average Bonchev–Trinajstić information content (AvgIpc) is 1.80. The molecule has 4 aromatic heterocycles. The number of hydrogen-bond donors (Lipinski definition) is 11. The molecule has 0 spiro atoms. The highest BCUT2D eigenvalue weighted by Gasteiger charge is 2.29. The van der Waals surface area contributed by atoms with Gasteiger partial charge in [0, 0.05) is 99.9 Å². The quantitative estimate of drug-likeness (QED) is 0.0192. The molecule has 12 aromatic rings. The molecule has 0 bridgehead atoms. The number of amidine groups is 4. The molecule has 137 heavy (non-hydrogen) atoms. The molecule has 0 atom stereocenters. The van der Waals surface area contributed by atoms with E-state index in [0.717, 1.165) is 132 Å². The van der Waals surface area contributed by atoms with Gasteiger partial charge in [0.15, 0.2) is 0 Å². The second-order valence-electron chi connectivity index (χ2n) is 30.6. The predicted octanol–water partition coefficient (Wildman–Crippen LogP) is 18.7. The van der Waals surface area contributed by atoms with E-state index in [9.17, 15) is 73.5 Å². The molecule has 0 radical (unpaired) electrons. The maximum absolute atomic E-state index is 14.8. The highest BCUT2D eigenvalue weighted by atomic mass is 35.5. The number of carbonyl (C=O) groups excluding carboxylic acids is 8. The van der Waals surface area contributed by atoms with E-state index in [1.807, 2.05) is 21.7 Å². The molecule has 8 amide bonds. The zero-order chi connectivity index (χ0) is 97.7. The number of carbonyl (C=O) groups is 8. The van der Waals surface area contributed by atoms with Crippen LogP contribution in [-0.4, -0.2) is 183 Å². The number of nitrogens with zero attached hydrogens (tertiary/aromatic N) is 9. The molecule has 3 saturated heterocycles. The van der Waals surface area contributed by atoms with E-state index < -0.39 is 93.8 Å². The molecular formula is C96H80Cl4F8N20O9. The van der Waals surface area contributed by atoms with Crippen molar-refractivity contribution in [2.75, 3.05) is 115 Å². The van der Waals surface area contributed by atoms with Crippen molar-refractivity contribution in [3.8, 4) is 0 Å². The summed E-state index contributed by atoms with van der Waals surface area (Å²) in [5.74, 6) is -10.2. The number of benzene rings is 8. The minimum atomic E-state index is -0.837. The first-order valence-electron chi connectivity index (χ1n) is 42.0. The first-order chi connectivity index (χ1) is 65.8. The summed E-state index contributed by atoms with van der Waals surface area (Å²) in [6, 6.07) is 40.9. The number of halogens is 12. The number of likely N-dealkylation sites (N-methyl/N-ethyl adjacent to an activating group) is 1. The molecule has 4 aliphatic rings. The number of aliphatic imine (C=N–C) groups is 1. The van der Waals surface area contributed by atoms with Gasteiger partial charge in [-0.1, -0.05) is 70.7 Å². The predicted molar refractivity (Wildman–Crippen MR) is 505 cm³/mol. The number of likely N-dealkylation sites (tertiary alicyclic amines) is 2. The van der Waals surface area contributed by atoms with Gasteiger partial charge in [0.25, 0.3) is 47.3 Å². The molecule has 29 nitrogen and oxygen atoms in total. The van der Waals surface area contributed by atoms with Gasteiger partial charge in [-0.05, 0) is 202 Å². The van der Waals surface area contributed by atoms with Crippen molar-refractivity contribution in [1.29, 1.82) is 16.2 Å². The Hall–Kier alpha value is -15.4. The molecule has 4 aliphatic heterocycles. The van der Waals surface area contributed by atoms with Crippen molar-refractivity contribution in [2.45, 2.75) is 32.1 Å². The van der Waals surface area contributed by atoms with Gasteiger partial charge in [0.05, 0.1) is 107 Å². The van der Waals surface area contributed by atoms with Gasteiger partial charge in [-0.2, -0.15) is 0 Å². The molecule has 0 unspecified atom stereocenters. The van der Waals surface area contributed by atoms with Crippen molar-refractivity contribution in [3.63, 3.8) is 0 Å². The number of ether oxygens (including phenoxy) is 1. The number of hydrogen-bond acceptors (Lipinski definition) is 18. The molecule has 11 N–H and O–H groups in total. The molecule has 0 saturated carbocycles. The number of morpholine rings is 1. The monoisotopic (exact) mass is 1950 g/mol. The van der Waals surface area contributed by atoms with E-state index in [1.54, 1.807) is 11.0 Å². The van der Waals surface area contributed by atoms with Crippen LogP contribution in [-0.2, 0) is 4.74 Å². The molecule has 3 fully saturated rings. The number of rotatable bonds is 20. The molecule has 702 valence electrons. The topological polar surface area (TPSA) is 390 Å². The lowest BCUT2D eigenvalue weighted by Crippen LogP contribution is -2.40. The Morgan fingerprint density at radius 1 is 0.307 bits per heavy atom. The highest BCUT2D eigenvalue weighted by Crippen LogP contribution is 2.30. The van der Waals surface area contributed by atoms with E-state index in [2.05, 4.69) is 67.5 Å². The highest BCUT2D eigenvalue weighted by molar-refractivity contribution is 6.31. The van der Waals surface area contributed by atoms with Gasteiger partial charge in [0.2, 0.25) is 0 Å². The zero-order valence-corrected chi connectivity index (χ0v) is 75.1. The summed E-state index contributed by atoms with van der Waals surface area (Å²) in [6.45, 7) is 6.31. The van der Waals surface area contributed by atoms with E-state index in [1.165, 1.54) is 146 Å². The van der Waals surface area contributed by atoms with Crippen molar-refractivity contribution < 1.29 is 78.2 Å². The van der Waals surface area contributed by atoms with Crippen molar-refractivity contribution >= 4 is 163 Å². The fourth-order valence-electron chi connectivity index (χ4n) is 14.2. The third-order valence-corrected chi connectivity index (χ3v) is 22.1. The van der Waals surface area contributed by atoms with Crippen LogP contribution in [0.25, 0.3) is 0 Å². The third kappa shape index (κ3) is 26.4. The van der Waals surface area contributed by atoms with E-state index >= 15 is 0 Å². The number of anilines is 8. The summed E-state index contributed by atoms with van der Waals surface area (Å²) in [5.41, 5.74) is -0.137. The summed E-state index contributed by atoms with van der Waals surface area (Å²) < 4.78 is 120. The Morgan fingerprint density at radius 2 is 0.577 bits per heavy atom. The molecule has 0 aliphatic carbocycles. The van der Waals surface area contributed by atoms with Gasteiger partial charge in [-0.25, -0.2) is 55.1 Å². The van der Waals surface area contributed by atoms with Crippen LogP contribution in [0.1, 0.15) is 137 Å². The summed E-state index contributed by atoms with van der Waals surface area (Å²) in [6.07, 6.45) is 10.4. The van der Waals surface area contributed by atoms with Crippen molar-refractivity contribution in [1.82, 2.24) is 39.5 Å². The molecule has 16 rings (SSSR count).